The van der Waals surface area contributed by atoms with Crippen molar-refractivity contribution in [3.63, 3.8) is 0 Å². The highest BCUT2D eigenvalue weighted by atomic mass is 32.2. The molecule has 4 fully saturated rings. The van der Waals surface area contributed by atoms with Crippen molar-refractivity contribution in [2.75, 3.05) is 5.75 Å². The highest BCUT2D eigenvalue weighted by Crippen LogP contribution is 2.63. The Hall–Kier alpha value is -1.85. The van der Waals surface area contributed by atoms with E-state index in [-0.39, 0.29) is 16.6 Å². The van der Waals surface area contributed by atoms with E-state index in [1.165, 1.54) is 49.7 Å². The van der Waals surface area contributed by atoms with E-state index in [1.54, 1.807) is 24.3 Å². The third-order valence-corrected chi connectivity index (χ3v) is 11.3. The highest BCUT2D eigenvalue weighted by molar-refractivity contribution is 7.91. The third-order valence-electron chi connectivity index (χ3n) is 9.02. The van der Waals surface area contributed by atoms with Crippen LogP contribution in [0.1, 0.15) is 82.9 Å². The molecule has 0 unspecified atom stereocenters. The molecule has 37 heavy (non-hydrogen) atoms. The van der Waals surface area contributed by atoms with Crippen LogP contribution in [0.2, 0.25) is 13.1 Å². The van der Waals surface area contributed by atoms with Gasteiger partial charge in [0, 0.05) is 16.5 Å². The molecule has 3 nitrogen and oxygen atoms in total. The first-order valence-electron chi connectivity index (χ1n) is 14.2. The number of hydrogen-bond donors (Lipinski definition) is 0. The molecule has 200 valence electrons. The molecule has 0 amide bonds. The Balaban J connectivity index is 1.63. The van der Waals surface area contributed by atoms with Gasteiger partial charge in [-0.05, 0) is 105 Å². The van der Waals surface area contributed by atoms with Crippen molar-refractivity contribution in [2.45, 2.75) is 95.0 Å². The minimum absolute atomic E-state index is 0.00485. The summed E-state index contributed by atoms with van der Waals surface area (Å²) < 4.78 is 33.0. The lowest BCUT2D eigenvalue weighted by molar-refractivity contribution is -0.00659. The number of hydrogen-bond acceptors (Lipinski definition) is 3. The second-order valence-electron chi connectivity index (χ2n) is 13.5. The molecule has 4 saturated carbocycles. The average Bonchev–Trinajstić information content (AvgIpc) is 2.81. The van der Waals surface area contributed by atoms with Gasteiger partial charge in [0.05, 0.1) is 10.6 Å². The molecule has 2 aromatic rings. The zero-order chi connectivity index (χ0) is 26.6. The second-order valence-corrected chi connectivity index (χ2v) is 17.8. The molecule has 4 bridgehead atoms. The van der Waals surface area contributed by atoms with E-state index < -0.39 is 18.9 Å². The summed E-state index contributed by atoms with van der Waals surface area (Å²) in [7, 11) is -4.80. The molecule has 4 aliphatic rings. The smallest absolute Gasteiger partial charge is 0.229 e. The summed E-state index contributed by atoms with van der Waals surface area (Å²) in [5, 5.41) is 0. The zero-order valence-corrected chi connectivity index (χ0v) is 25.5. The number of benzene rings is 2. The van der Waals surface area contributed by atoms with Crippen molar-refractivity contribution >= 4 is 24.5 Å². The molecule has 0 saturated heterocycles. The summed E-state index contributed by atoms with van der Waals surface area (Å²) in [6, 6.07) is 13.3. The first-order chi connectivity index (χ1) is 17.4. The lowest BCUT2D eigenvalue weighted by Gasteiger charge is -2.58. The van der Waals surface area contributed by atoms with Crippen molar-refractivity contribution < 1.29 is 12.8 Å². The maximum Gasteiger partial charge on any atom is 0.229 e. The first-order valence-corrected chi connectivity index (χ1v) is 18.6. The number of rotatable bonds is 7. The van der Waals surface area contributed by atoms with Gasteiger partial charge in [-0.15, -0.1) is 0 Å². The summed E-state index contributed by atoms with van der Waals surface area (Å²) in [5.41, 5.74) is 5.19. The van der Waals surface area contributed by atoms with Gasteiger partial charge < -0.3 is 4.43 Å². The summed E-state index contributed by atoms with van der Waals surface area (Å²) in [6.07, 6.45) is 9.98. The zero-order valence-electron chi connectivity index (χ0n) is 23.5. The van der Waals surface area contributed by atoms with Gasteiger partial charge in [-0.3, -0.25) is 0 Å². The fourth-order valence-electron chi connectivity index (χ4n) is 7.89. The predicted octanol–water partition coefficient (Wildman–Crippen LogP) is 7.69. The van der Waals surface area contributed by atoms with Crippen LogP contribution < -0.4 is 4.43 Å². The molecule has 0 heterocycles. The highest BCUT2D eigenvalue weighted by Gasteiger charge is 2.54. The van der Waals surface area contributed by atoms with Crippen molar-refractivity contribution in [3.8, 4) is 5.75 Å². The summed E-state index contributed by atoms with van der Waals surface area (Å²) in [5.74, 6) is 3.61. The molecular formula is C32H44O3SSi. The van der Waals surface area contributed by atoms with Crippen molar-refractivity contribution in [1.82, 2.24) is 0 Å². The molecule has 0 spiro atoms. The Labute approximate surface area is 226 Å². The summed E-state index contributed by atoms with van der Waals surface area (Å²) >= 11 is 0. The van der Waals surface area contributed by atoms with Crippen molar-refractivity contribution in [1.29, 1.82) is 0 Å². The van der Waals surface area contributed by atoms with Crippen LogP contribution in [0.3, 0.4) is 0 Å². The van der Waals surface area contributed by atoms with Gasteiger partial charge in [0.15, 0.2) is 9.84 Å². The number of allylic oxidation sites excluding steroid dienone is 1. The van der Waals surface area contributed by atoms with E-state index in [2.05, 4.69) is 52.9 Å². The predicted molar refractivity (Wildman–Crippen MR) is 157 cm³/mol. The second kappa shape index (κ2) is 9.71. The Morgan fingerprint density at radius 3 is 2.05 bits per heavy atom. The van der Waals surface area contributed by atoms with Crippen LogP contribution in [0.5, 0.6) is 5.75 Å². The van der Waals surface area contributed by atoms with Crippen LogP contribution >= 0.6 is 0 Å². The van der Waals surface area contributed by atoms with Crippen LogP contribution in [-0.4, -0.2) is 23.2 Å². The van der Waals surface area contributed by atoms with Crippen LogP contribution in [0.4, 0.5) is 0 Å². The minimum Gasteiger partial charge on any atom is -0.546 e. The van der Waals surface area contributed by atoms with Crippen LogP contribution in [0.15, 0.2) is 53.4 Å². The maximum atomic E-state index is 13.0. The number of sulfone groups is 1. The van der Waals surface area contributed by atoms with Gasteiger partial charge in [0.2, 0.25) is 9.04 Å². The monoisotopic (exact) mass is 536 g/mol. The molecule has 0 radical (unpaired) electrons. The summed E-state index contributed by atoms with van der Waals surface area (Å²) in [4.78, 5) is 0.377. The van der Waals surface area contributed by atoms with Gasteiger partial charge in [-0.2, -0.15) is 0 Å². The molecule has 0 aromatic heterocycles. The average molecular weight is 537 g/mol. The lowest BCUT2D eigenvalue weighted by Crippen LogP contribution is -2.49. The molecule has 6 rings (SSSR count). The molecule has 0 N–H and O–H groups in total. The van der Waals surface area contributed by atoms with Crippen LogP contribution in [0, 0.1) is 17.8 Å². The van der Waals surface area contributed by atoms with Crippen LogP contribution in [0.25, 0.3) is 5.57 Å². The van der Waals surface area contributed by atoms with Crippen molar-refractivity contribution in [2.24, 2.45) is 17.8 Å². The third kappa shape index (κ3) is 5.23. The molecule has 0 aliphatic heterocycles. The Bertz CT molecular complexity index is 1250. The standard InChI is InChI=1S/C32H44O3SSi/c1-22(14-15-36(33,34)26-10-8-7-9-11-26)27-12-13-28(31(2,3)4)29(30(27)35-37(5)6)32-19-23-16-24(20-32)18-25(17-23)21-32/h7-14,23-25,37H,15-21H2,1-6H3/b22-14-. The molecule has 4 aliphatic carbocycles. The minimum atomic E-state index is -3.39. The molecular weight excluding hydrogens is 493 g/mol. The largest absolute Gasteiger partial charge is 0.546 e. The Morgan fingerprint density at radius 1 is 0.973 bits per heavy atom. The fraction of sp³-hybridized carbons (Fsp3) is 0.562. The SMILES string of the molecule is C/C(=C/CS(=O)(=O)c1ccccc1)c1ccc(C(C)(C)C)c(C23CC4CC(CC(C4)C2)C3)c1O[SiH](C)C. The van der Waals surface area contributed by atoms with Gasteiger partial charge in [0.25, 0.3) is 0 Å². The lowest BCUT2D eigenvalue weighted by atomic mass is 9.47. The fourth-order valence-corrected chi connectivity index (χ4v) is 9.84. The quantitative estimate of drug-likeness (QED) is 0.341. The van der Waals surface area contributed by atoms with Gasteiger partial charge in [-0.1, -0.05) is 57.2 Å². The molecule has 5 heteroatoms. The van der Waals surface area contributed by atoms with E-state index in [9.17, 15) is 8.42 Å². The Kier molecular flexibility index (Phi) is 7.02. The van der Waals surface area contributed by atoms with E-state index in [4.69, 9.17) is 4.43 Å². The first kappa shape index (κ1) is 26.7. The van der Waals surface area contributed by atoms with Crippen molar-refractivity contribution in [3.05, 3.63) is 65.2 Å². The normalized spacial score (nSPS) is 27.6. The van der Waals surface area contributed by atoms with Crippen LogP contribution in [-0.2, 0) is 20.7 Å². The van der Waals surface area contributed by atoms with E-state index in [1.807, 2.05) is 12.1 Å². The van der Waals surface area contributed by atoms with Gasteiger partial charge in [0.1, 0.15) is 5.75 Å². The topological polar surface area (TPSA) is 43.4 Å². The molecule has 0 atom stereocenters. The summed E-state index contributed by atoms with van der Waals surface area (Å²) in [6.45, 7) is 13.5. The van der Waals surface area contributed by atoms with E-state index in [0.717, 1.165) is 34.6 Å². The Morgan fingerprint density at radius 2 is 1.54 bits per heavy atom. The maximum absolute atomic E-state index is 13.0. The van der Waals surface area contributed by atoms with E-state index in [0.29, 0.717) is 4.90 Å². The van der Waals surface area contributed by atoms with Gasteiger partial charge >= 0.3 is 0 Å². The van der Waals surface area contributed by atoms with Gasteiger partial charge in [-0.25, -0.2) is 8.42 Å². The van der Waals surface area contributed by atoms with E-state index >= 15 is 0 Å². The molecule has 2 aromatic carbocycles.